The summed E-state index contributed by atoms with van der Waals surface area (Å²) in [6, 6.07) is 5.93. The van der Waals surface area contributed by atoms with Crippen LogP contribution in [-0.4, -0.2) is 54.7 Å². The molecule has 0 aliphatic carbocycles. The number of fused-ring (bicyclic) bond motifs is 1. The zero-order chi connectivity index (χ0) is 19.3. The van der Waals surface area contributed by atoms with Gasteiger partial charge in [0.15, 0.2) is 11.5 Å². The number of nitrogens with one attached hydrogen (secondary N) is 1. The maximum absolute atomic E-state index is 12.7. The van der Waals surface area contributed by atoms with E-state index in [1.807, 2.05) is 39.0 Å². The summed E-state index contributed by atoms with van der Waals surface area (Å²) in [5.41, 5.74) is 0.572. The number of benzene rings is 1. The molecule has 1 saturated heterocycles. The summed E-state index contributed by atoms with van der Waals surface area (Å²) in [4.78, 5) is 12.7. The number of hydrazine groups is 1. The van der Waals surface area contributed by atoms with E-state index in [0.29, 0.717) is 26.4 Å². The molecule has 2 aliphatic rings. The van der Waals surface area contributed by atoms with Crippen molar-refractivity contribution in [1.29, 1.82) is 0 Å². The molecule has 1 fully saturated rings. The molecule has 1 aromatic rings. The third kappa shape index (κ3) is 5.74. The third-order valence-electron chi connectivity index (χ3n) is 4.48. The lowest BCUT2D eigenvalue weighted by Crippen LogP contribution is -2.53. The van der Waals surface area contributed by atoms with Gasteiger partial charge in [0.2, 0.25) is 0 Å². The number of piperidine rings is 1. The van der Waals surface area contributed by atoms with E-state index in [1.54, 1.807) is 5.01 Å². The van der Waals surface area contributed by atoms with Crippen molar-refractivity contribution in [3.8, 4) is 11.5 Å². The molecule has 0 saturated carbocycles. The molecule has 3 rings (SSSR count). The highest BCUT2D eigenvalue weighted by atomic mass is 16.6. The Morgan fingerprint density at radius 3 is 2.56 bits per heavy atom. The van der Waals surface area contributed by atoms with E-state index < -0.39 is 5.60 Å². The highest BCUT2D eigenvalue weighted by Crippen LogP contribution is 2.30. The van der Waals surface area contributed by atoms with Crippen molar-refractivity contribution in [2.45, 2.75) is 52.2 Å². The maximum atomic E-state index is 12.7. The molecule has 0 aromatic heterocycles. The van der Waals surface area contributed by atoms with E-state index in [4.69, 9.17) is 14.2 Å². The lowest BCUT2D eigenvalue weighted by Gasteiger charge is -2.38. The third-order valence-corrected chi connectivity index (χ3v) is 4.48. The van der Waals surface area contributed by atoms with Crippen molar-refractivity contribution in [2.24, 2.45) is 0 Å². The largest absolute Gasteiger partial charge is 0.486 e. The average Bonchev–Trinajstić information content (AvgIpc) is 2.64. The minimum atomic E-state index is -0.513. The summed E-state index contributed by atoms with van der Waals surface area (Å²) >= 11 is 0. The van der Waals surface area contributed by atoms with Gasteiger partial charge >= 0.3 is 6.09 Å². The monoisotopic (exact) mass is 377 g/mol. The van der Waals surface area contributed by atoms with Crippen LogP contribution in [0.25, 0.3) is 0 Å². The highest BCUT2D eigenvalue weighted by Gasteiger charge is 2.27. The van der Waals surface area contributed by atoms with E-state index in [9.17, 15) is 4.79 Å². The molecule has 2 heterocycles. The summed E-state index contributed by atoms with van der Waals surface area (Å²) < 4.78 is 16.8. The average molecular weight is 377 g/mol. The fourth-order valence-electron chi connectivity index (χ4n) is 3.22. The molecule has 0 radical (unpaired) electrons. The van der Waals surface area contributed by atoms with Crippen molar-refractivity contribution in [3.63, 3.8) is 0 Å². The standard InChI is InChI=1S/C20H31N3O4/c1-20(2,3)27-19(24)23(22-9-5-4-6-10-22)15-21-14-16-7-8-17-18(13-16)26-12-11-25-17/h7-8,13,21H,4-6,9-12,14-15H2,1-3H3. The first-order valence-electron chi connectivity index (χ1n) is 9.77. The number of nitrogens with zero attached hydrogens (tertiary/aromatic N) is 2. The lowest BCUT2D eigenvalue weighted by molar-refractivity contribution is -0.0625. The first kappa shape index (κ1) is 19.8. The quantitative estimate of drug-likeness (QED) is 0.796. The van der Waals surface area contributed by atoms with Gasteiger partial charge < -0.3 is 14.2 Å². The molecule has 0 unspecified atom stereocenters. The van der Waals surface area contributed by atoms with Gasteiger partial charge in [0, 0.05) is 19.6 Å². The van der Waals surface area contributed by atoms with E-state index in [1.165, 1.54) is 6.42 Å². The van der Waals surface area contributed by atoms with Gasteiger partial charge in [-0.3, -0.25) is 5.32 Å². The molecule has 1 amide bonds. The highest BCUT2D eigenvalue weighted by molar-refractivity contribution is 5.67. The summed E-state index contributed by atoms with van der Waals surface area (Å²) in [6.07, 6.45) is 3.10. The van der Waals surface area contributed by atoms with Gasteiger partial charge in [-0.15, -0.1) is 0 Å². The molecular weight excluding hydrogens is 346 g/mol. The van der Waals surface area contributed by atoms with Crippen LogP contribution in [0, 0.1) is 0 Å². The number of carbonyl (C=O) groups excluding carboxylic acids is 1. The van der Waals surface area contributed by atoms with Crippen LogP contribution in [0.15, 0.2) is 18.2 Å². The maximum Gasteiger partial charge on any atom is 0.426 e. The molecule has 0 atom stereocenters. The second kappa shape index (κ2) is 8.80. The normalized spacial score (nSPS) is 17.4. The second-order valence-corrected chi connectivity index (χ2v) is 7.96. The Kier molecular flexibility index (Phi) is 6.44. The molecule has 1 aromatic carbocycles. The number of rotatable bonds is 5. The van der Waals surface area contributed by atoms with Crippen LogP contribution < -0.4 is 14.8 Å². The first-order valence-corrected chi connectivity index (χ1v) is 9.77. The van der Waals surface area contributed by atoms with E-state index >= 15 is 0 Å². The number of hydrogen-bond donors (Lipinski definition) is 1. The molecule has 2 aliphatic heterocycles. The Bertz CT molecular complexity index is 639. The van der Waals surface area contributed by atoms with Crippen molar-refractivity contribution in [1.82, 2.24) is 15.3 Å². The SMILES string of the molecule is CC(C)(C)OC(=O)N(CNCc1ccc2c(c1)OCCO2)N1CCCCC1. The number of carbonyl (C=O) groups is 1. The molecule has 27 heavy (non-hydrogen) atoms. The van der Waals surface area contributed by atoms with Gasteiger partial charge in [-0.25, -0.2) is 14.8 Å². The van der Waals surface area contributed by atoms with Gasteiger partial charge in [-0.05, 0) is 51.3 Å². The summed E-state index contributed by atoms with van der Waals surface area (Å²) in [7, 11) is 0. The topological polar surface area (TPSA) is 63.3 Å². The predicted molar refractivity (Wildman–Crippen MR) is 103 cm³/mol. The Morgan fingerprint density at radius 1 is 1.15 bits per heavy atom. The van der Waals surface area contributed by atoms with Crippen LogP contribution in [-0.2, 0) is 11.3 Å². The van der Waals surface area contributed by atoms with Gasteiger partial charge in [0.05, 0.1) is 6.67 Å². The van der Waals surface area contributed by atoms with Crippen molar-refractivity contribution < 1.29 is 19.0 Å². The summed E-state index contributed by atoms with van der Waals surface area (Å²) in [6.45, 7) is 9.63. The second-order valence-electron chi connectivity index (χ2n) is 7.96. The Hall–Kier alpha value is -1.99. The van der Waals surface area contributed by atoms with Crippen LogP contribution >= 0.6 is 0 Å². The smallest absolute Gasteiger partial charge is 0.426 e. The van der Waals surface area contributed by atoms with Gasteiger partial charge in [-0.2, -0.15) is 0 Å². The predicted octanol–water partition coefficient (Wildman–Crippen LogP) is 3.14. The van der Waals surface area contributed by atoms with Crippen LogP contribution in [0.2, 0.25) is 0 Å². The first-order chi connectivity index (χ1) is 12.9. The summed E-state index contributed by atoms with van der Waals surface area (Å²) in [5.74, 6) is 1.56. The molecule has 1 N–H and O–H groups in total. The molecule has 0 spiro atoms. The number of hydrogen-bond acceptors (Lipinski definition) is 6. The van der Waals surface area contributed by atoms with Crippen LogP contribution in [0.3, 0.4) is 0 Å². The van der Waals surface area contributed by atoms with Crippen molar-refractivity contribution >= 4 is 6.09 Å². The van der Waals surface area contributed by atoms with Gasteiger partial charge in [-0.1, -0.05) is 12.5 Å². The number of ether oxygens (including phenoxy) is 3. The van der Waals surface area contributed by atoms with Crippen LogP contribution in [0.5, 0.6) is 11.5 Å². The Labute approximate surface area is 161 Å². The fraction of sp³-hybridized carbons (Fsp3) is 0.650. The minimum absolute atomic E-state index is 0.306. The van der Waals surface area contributed by atoms with E-state index in [-0.39, 0.29) is 6.09 Å². The van der Waals surface area contributed by atoms with Crippen molar-refractivity contribution in [2.75, 3.05) is 33.0 Å². The zero-order valence-electron chi connectivity index (χ0n) is 16.6. The lowest BCUT2D eigenvalue weighted by atomic mass is 10.2. The molecule has 0 bridgehead atoms. The zero-order valence-corrected chi connectivity index (χ0v) is 16.6. The Balaban J connectivity index is 1.59. The molecule has 7 nitrogen and oxygen atoms in total. The van der Waals surface area contributed by atoms with Crippen LogP contribution in [0.1, 0.15) is 45.6 Å². The minimum Gasteiger partial charge on any atom is -0.486 e. The molecule has 150 valence electrons. The van der Waals surface area contributed by atoms with Crippen LogP contribution in [0.4, 0.5) is 4.79 Å². The van der Waals surface area contributed by atoms with E-state index in [0.717, 1.165) is 43.0 Å². The fourth-order valence-corrected chi connectivity index (χ4v) is 3.22. The number of amides is 1. The summed E-state index contributed by atoms with van der Waals surface area (Å²) in [5, 5.41) is 7.15. The Morgan fingerprint density at radius 2 is 1.85 bits per heavy atom. The van der Waals surface area contributed by atoms with E-state index in [2.05, 4.69) is 10.3 Å². The molecule has 7 heteroatoms. The van der Waals surface area contributed by atoms with Gasteiger partial charge in [0.25, 0.3) is 0 Å². The van der Waals surface area contributed by atoms with Gasteiger partial charge in [0.1, 0.15) is 18.8 Å². The van der Waals surface area contributed by atoms with Crippen molar-refractivity contribution in [3.05, 3.63) is 23.8 Å². The molecular formula is C20H31N3O4.